The minimum absolute atomic E-state index is 0.0707. The van der Waals surface area contributed by atoms with E-state index in [-0.39, 0.29) is 23.7 Å². The van der Waals surface area contributed by atoms with E-state index in [0.29, 0.717) is 11.2 Å². The average molecular weight is 311 g/mol. The van der Waals surface area contributed by atoms with E-state index >= 15 is 0 Å². The summed E-state index contributed by atoms with van der Waals surface area (Å²) in [7, 11) is 0. The molecular weight excluding hydrogens is 294 g/mol. The highest BCUT2D eigenvalue weighted by Crippen LogP contribution is 2.25. The van der Waals surface area contributed by atoms with Gasteiger partial charge >= 0.3 is 0 Å². The summed E-state index contributed by atoms with van der Waals surface area (Å²) < 4.78 is 0. The molecule has 7 heteroatoms. The second-order valence-corrected chi connectivity index (χ2v) is 5.83. The third-order valence-electron chi connectivity index (χ3n) is 3.49. The Labute approximate surface area is 132 Å². The Morgan fingerprint density at radius 3 is 2.87 bits per heavy atom. The largest absolute Gasteiger partial charge is 0.376 e. The number of hydrogen-bond donors (Lipinski definition) is 2. The van der Waals surface area contributed by atoms with E-state index in [1.54, 1.807) is 4.90 Å². The number of nitrogens with zero attached hydrogens (tertiary/aromatic N) is 4. The molecule has 118 valence electrons. The molecule has 2 N–H and O–H groups in total. The molecule has 0 fully saturated rings. The van der Waals surface area contributed by atoms with Crippen LogP contribution in [0.15, 0.2) is 53.3 Å². The zero-order valence-electron chi connectivity index (χ0n) is 12.9. The first kappa shape index (κ1) is 15.1. The minimum Gasteiger partial charge on any atom is -0.376 e. The second-order valence-electron chi connectivity index (χ2n) is 5.83. The third-order valence-corrected chi connectivity index (χ3v) is 3.49. The van der Waals surface area contributed by atoms with E-state index in [4.69, 9.17) is 0 Å². The highest BCUT2D eigenvalue weighted by atomic mass is 16.3. The molecular formula is C16H17N5O2. The molecule has 0 unspecified atom stereocenters. The minimum atomic E-state index is -0.337. The topological polar surface area (TPSA) is 95.0 Å². The summed E-state index contributed by atoms with van der Waals surface area (Å²) in [6, 6.07) is 0. The number of nitrogens with one attached hydrogen (secondary N) is 1. The fourth-order valence-corrected chi connectivity index (χ4v) is 2.21. The molecule has 2 aromatic rings. The van der Waals surface area contributed by atoms with Gasteiger partial charge in [-0.1, -0.05) is 32.1 Å². The molecule has 0 radical (unpaired) electrons. The van der Waals surface area contributed by atoms with Gasteiger partial charge in [0.1, 0.15) is 12.2 Å². The van der Waals surface area contributed by atoms with Gasteiger partial charge in [-0.2, -0.15) is 4.98 Å². The normalized spacial score (nSPS) is 16.2. The Morgan fingerprint density at radius 2 is 2.09 bits per heavy atom. The molecule has 1 aliphatic carbocycles. The summed E-state index contributed by atoms with van der Waals surface area (Å²) in [6.07, 6.45) is 12.5. The predicted molar refractivity (Wildman–Crippen MR) is 87.7 cm³/mol. The van der Waals surface area contributed by atoms with Crippen LogP contribution in [0.1, 0.15) is 13.8 Å². The van der Waals surface area contributed by atoms with Crippen molar-refractivity contribution in [2.24, 2.45) is 5.41 Å². The number of anilines is 1. The van der Waals surface area contributed by atoms with Crippen LogP contribution < -0.4 is 10.5 Å². The first-order valence-electron chi connectivity index (χ1n) is 7.18. The maximum atomic E-state index is 11.4. The van der Waals surface area contributed by atoms with Crippen molar-refractivity contribution in [3.05, 3.63) is 58.8 Å². The van der Waals surface area contributed by atoms with Gasteiger partial charge in [-0.25, -0.2) is 9.97 Å². The number of hydrogen-bond acceptors (Lipinski definition) is 6. The molecule has 2 heterocycles. The summed E-state index contributed by atoms with van der Waals surface area (Å²) in [5, 5.41) is 9.74. The van der Waals surface area contributed by atoms with Crippen molar-refractivity contribution in [1.82, 2.24) is 19.9 Å². The van der Waals surface area contributed by atoms with Gasteiger partial charge in [0.05, 0.1) is 12.4 Å². The SMILES string of the molecule is CC1(C)C=CC=C(N(CO)c2ncc3ncc(=O)[nH]c3n2)C=C1. The van der Waals surface area contributed by atoms with Gasteiger partial charge in [0.25, 0.3) is 5.56 Å². The van der Waals surface area contributed by atoms with Crippen LogP contribution in [0.4, 0.5) is 5.95 Å². The number of aromatic nitrogens is 4. The first-order valence-corrected chi connectivity index (χ1v) is 7.18. The number of allylic oxidation sites excluding steroid dienone is 5. The zero-order chi connectivity index (χ0) is 16.4. The molecule has 0 saturated carbocycles. The zero-order valence-corrected chi connectivity index (χ0v) is 12.9. The van der Waals surface area contributed by atoms with Gasteiger partial charge in [0, 0.05) is 11.1 Å². The molecule has 7 nitrogen and oxygen atoms in total. The quantitative estimate of drug-likeness (QED) is 0.834. The molecule has 2 aromatic heterocycles. The molecule has 1 aliphatic rings. The van der Waals surface area contributed by atoms with E-state index in [1.165, 1.54) is 12.4 Å². The standard InChI is InChI=1S/C16H17N5O2/c1-16(2)6-3-4-11(5-7-16)21(10-22)15-18-8-12-14(20-15)19-13(23)9-17-12/h3-9,22H,10H2,1-2H3,(H,18,19,20,23). The van der Waals surface area contributed by atoms with E-state index < -0.39 is 0 Å². The van der Waals surface area contributed by atoms with Crippen LogP contribution in [-0.2, 0) is 0 Å². The fourth-order valence-electron chi connectivity index (χ4n) is 2.21. The van der Waals surface area contributed by atoms with E-state index in [0.717, 1.165) is 5.70 Å². The Kier molecular flexibility index (Phi) is 3.79. The average Bonchev–Trinajstić information content (AvgIpc) is 2.69. The van der Waals surface area contributed by atoms with E-state index in [9.17, 15) is 9.90 Å². The Hall–Kier alpha value is -2.80. The lowest BCUT2D eigenvalue weighted by atomic mass is 9.93. The highest BCUT2D eigenvalue weighted by Gasteiger charge is 2.16. The summed E-state index contributed by atoms with van der Waals surface area (Å²) in [6.45, 7) is 3.88. The molecule has 0 amide bonds. The van der Waals surface area contributed by atoms with E-state index in [2.05, 4.69) is 39.9 Å². The molecule has 0 aliphatic heterocycles. The Balaban J connectivity index is 2.03. The smallest absolute Gasteiger partial charge is 0.268 e. The van der Waals surface area contributed by atoms with Crippen LogP contribution in [0.5, 0.6) is 0 Å². The van der Waals surface area contributed by atoms with Crippen molar-refractivity contribution in [1.29, 1.82) is 0 Å². The molecule has 0 bridgehead atoms. The number of aliphatic hydroxyl groups excluding tert-OH is 1. The number of rotatable bonds is 3. The van der Waals surface area contributed by atoms with Gasteiger partial charge in [-0.3, -0.25) is 9.69 Å². The van der Waals surface area contributed by atoms with Crippen LogP contribution in [-0.4, -0.2) is 31.8 Å². The van der Waals surface area contributed by atoms with Crippen molar-refractivity contribution in [2.45, 2.75) is 13.8 Å². The molecule has 0 atom stereocenters. The highest BCUT2D eigenvalue weighted by molar-refractivity contribution is 5.69. The number of H-pyrrole nitrogens is 1. The van der Waals surface area contributed by atoms with Crippen molar-refractivity contribution >= 4 is 17.1 Å². The third kappa shape index (κ3) is 3.19. The van der Waals surface area contributed by atoms with Crippen molar-refractivity contribution < 1.29 is 5.11 Å². The van der Waals surface area contributed by atoms with Gasteiger partial charge in [-0.15, -0.1) is 0 Å². The summed E-state index contributed by atoms with van der Waals surface area (Å²) in [4.78, 5) is 28.0. The van der Waals surface area contributed by atoms with Crippen LogP contribution in [0.2, 0.25) is 0 Å². The van der Waals surface area contributed by atoms with Crippen LogP contribution in [0, 0.1) is 5.41 Å². The lowest BCUT2D eigenvalue weighted by molar-refractivity contribution is 0.299. The van der Waals surface area contributed by atoms with Gasteiger partial charge in [0.2, 0.25) is 5.95 Å². The lowest BCUT2D eigenvalue weighted by Gasteiger charge is -2.21. The molecule has 0 spiro atoms. The van der Waals surface area contributed by atoms with Crippen LogP contribution >= 0.6 is 0 Å². The van der Waals surface area contributed by atoms with Crippen LogP contribution in [0.3, 0.4) is 0 Å². The Bertz CT molecular complexity index is 879. The maximum absolute atomic E-state index is 11.4. The molecule has 23 heavy (non-hydrogen) atoms. The second kappa shape index (κ2) is 5.77. The molecule has 0 saturated heterocycles. The summed E-state index contributed by atoms with van der Waals surface area (Å²) >= 11 is 0. The van der Waals surface area contributed by atoms with Crippen LogP contribution in [0.25, 0.3) is 11.2 Å². The molecule has 0 aromatic carbocycles. The predicted octanol–water partition coefficient (Wildman–Crippen LogP) is 1.51. The van der Waals surface area contributed by atoms with E-state index in [1.807, 2.05) is 24.3 Å². The maximum Gasteiger partial charge on any atom is 0.268 e. The first-order chi connectivity index (χ1) is 11.0. The number of aliphatic hydroxyl groups is 1. The van der Waals surface area contributed by atoms with Gasteiger partial charge < -0.3 is 10.1 Å². The monoisotopic (exact) mass is 311 g/mol. The lowest BCUT2D eigenvalue weighted by Crippen LogP contribution is -2.25. The van der Waals surface area contributed by atoms with Gasteiger partial charge in [-0.05, 0) is 12.2 Å². The molecule has 3 rings (SSSR count). The number of aromatic amines is 1. The summed E-state index contributed by atoms with van der Waals surface area (Å²) in [5.41, 5.74) is 1.15. The van der Waals surface area contributed by atoms with Gasteiger partial charge in [0.15, 0.2) is 5.65 Å². The van der Waals surface area contributed by atoms with Crippen molar-refractivity contribution in [3.8, 4) is 0 Å². The van der Waals surface area contributed by atoms with Crippen molar-refractivity contribution in [3.63, 3.8) is 0 Å². The number of fused-ring (bicyclic) bond motifs is 1. The fraction of sp³-hybridized carbons (Fsp3) is 0.250. The Morgan fingerprint density at radius 1 is 1.26 bits per heavy atom. The summed E-state index contributed by atoms with van der Waals surface area (Å²) in [5.74, 6) is 0.285. The van der Waals surface area contributed by atoms with Crippen molar-refractivity contribution in [2.75, 3.05) is 11.6 Å².